The van der Waals surface area contributed by atoms with E-state index in [9.17, 15) is 14.0 Å². The van der Waals surface area contributed by atoms with Crippen molar-refractivity contribution < 1.29 is 28.2 Å². The van der Waals surface area contributed by atoms with Crippen molar-refractivity contribution in [1.82, 2.24) is 4.98 Å². The second-order valence-electron chi connectivity index (χ2n) is 5.85. The third-order valence-electron chi connectivity index (χ3n) is 4.13. The average Bonchev–Trinajstić information content (AvgIpc) is 2.72. The Morgan fingerprint density at radius 2 is 1.93 bits per heavy atom. The molecule has 3 rings (SSSR count). The van der Waals surface area contributed by atoms with E-state index >= 15 is 0 Å². The molecule has 27 heavy (non-hydrogen) atoms. The van der Waals surface area contributed by atoms with Crippen LogP contribution in [0.5, 0.6) is 5.75 Å². The van der Waals surface area contributed by atoms with Crippen LogP contribution in [-0.4, -0.2) is 56.8 Å². The summed E-state index contributed by atoms with van der Waals surface area (Å²) in [6.07, 6.45) is 1.41. The average molecular weight is 374 g/mol. The first-order chi connectivity index (χ1) is 13.1. The van der Waals surface area contributed by atoms with Crippen LogP contribution in [0.25, 0.3) is 0 Å². The van der Waals surface area contributed by atoms with Crippen LogP contribution in [0, 0.1) is 5.82 Å². The fourth-order valence-electron chi connectivity index (χ4n) is 2.62. The van der Waals surface area contributed by atoms with Crippen LogP contribution in [0.4, 0.5) is 10.2 Å². The van der Waals surface area contributed by atoms with Crippen molar-refractivity contribution in [3.05, 3.63) is 53.5 Å². The number of anilines is 1. The molecule has 1 saturated heterocycles. The largest absolute Gasteiger partial charge is 0.494 e. The second kappa shape index (κ2) is 8.59. The highest BCUT2D eigenvalue weighted by Crippen LogP contribution is 2.18. The zero-order valence-electron chi connectivity index (χ0n) is 14.8. The van der Waals surface area contributed by atoms with E-state index in [-0.39, 0.29) is 16.9 Å². The molecule has 7 nitrogen and oxygen atoms in total. The molecule has 2 aromatic rings. The molecule has 0 amide bonds. The Morgan fingerprint density at radius 3 is 2.56 bits per heavy atom. The zero-order valence-corrected chi connectivity index (χ0v) is 14.8. The number of aromatic nitrogens is 1. The summed E-state index contributed by atoms with van der Waals surface area (Å²) in [6, 6.07) is 7.13. The molecule has 0 aliphatic carbocycles. The Hall–Kier alpha value is -3.00. The number of rotatable bonds is 6. The van der Waals surface area contributed by atoms with Gasteiger partial charge < -0.3 is 19.1 Å². The molecule has 1 aliphatic heterocycles. The molecule has 0 radical (unpaired) electrons. The molecular weight excluding hydrogens is 355 g/mol. The Bertz CT molecular complexity index is 819. The molecule has 2 heterocycles. The number of pyridine rings is 1. The number of benzene rings is 1. The smallest absolute Gasteiger partial charge is 0.340 e. The van der Waals surface area contributed by atoms with Gasteiger partial charge in [-0.15, -0.1) is 0 Å². The first-order valence-corrected chi connectivity index (χ1v) is 8.41. The van der Waals surface area contributed by atoms with Crippen molar-refractivity contribution >= 4 is 17.6 Å². The van der Waals surface area contributed by atoms with Crippen LogP contribution in [0.15, 0.2) is 36.5 Å². The van der Waals surface area contributed by atoms with Crippen molar-refractivity contribution in [2.24, 2.45) is 0 Å². The molecule has 1 aliphatic rings. The molecule has 142 valence electrons. The predicted molar refractivity (Wildman–Crippen MR) is 94.8 cm³/mol. The molecule has 0 spiro atoms. The lowest BCUT2D eigenvalue weighted by Crippen LogP contribution is -2.36. The Morgan fingerprint density at radius 1 is 1.19 bits per heavy atom. The molecular formula is C19H19FN2O5. The Labute approximate surface area is 155 Å². The van der Waals surface area contributed by atoms with Gasteiger partial charge in [-0.2, -0.15) is 0 Å². The van der Waals surface area contributed by atoms with Gasteiger partial charge in [0.15, 0.2) is 24.0 Å². The maximum atomic E-state index is 13.7. The van der Waals surface area contributed by atoms with Crippen LogP contribution >= 0.6 is 0 Å². The van der Waals surface area contributed by atoms with Crippen LogP contribution in [0.3, 0.4) is 0 Å². The number of esters is 1. The number of carbonyl (C=O) groups is 2. The van der Waals surface area contributed by atoms with Gasteiger partial charge in [0.25, 0.3) is 0 Å². The van der Waals surface area contributed by atoms with Crippen molar-refractivity contribution in [3.8, 4) is 5.75 Å². The molecule has 0 atom stereocenters. The van der Waals surface area contributed by atoms with E-state index < -0.39 is 24.2 Å². The quantitative estimate of drug-likeness (QED) is 0.566. The van der Waals surface area contributed by atoms with Crippen molar-refractivity contribution in [2.45, 2.75) is 0 Å². The van der Waals surface area contributed by atoms with E-state index in [0.717, 1.165) is 25.0 Å². The van der Waals surface area contributed by atoms with Gasteiger partial charge in [-0.05, 0) is 30.3 Å². The maximum Gasteiger partial charge on any atom is 0.340 e. The van der Waals surface area contributed by atoms with Gasteiger partial charge in [0, 0.05) is 24.8 Å². The molecule has 1 fully saturated rings. The lowest BCUT2D eigenvalue weighted by Gasteiger charge is -2.27. The van der Waals surface area contributed by atoms with Gasteiger partial charge >= 0.3 is 5.97 Å². The summed E-state index contributed by atoms with van der Waals surface area (Å²) in [6.45, 7) is 2.27. The highest BCUT2D eigenvalue weighted by molar-refractivity contribution is 5.99. The predicted octanol–water partition coefficient (Wildman–Crippen LogP) is 2.11. The van der Waals surface area contributed by atoms with Gasteiger partial charge in [0.05, 0.1) is 25.9 Å². The summed E-state index contributed by atoms with van der Waals surface area (Å²) in [5, 5.41) is 0. The molecule has 1 aromatic heterocycles. The minimum Gasteiger partial charge on any atom is -0.494 e. The maximum absolute atomic E-state index is 13.7. The standard InChI is InChI=1S/C19H19FN2O5/c1-25-17-4-2-13(10-15(17)20)16(23)12-27-19(24)14-3-5-18(21-11-14)22-6-8-26-9-7-22/h2-5,10-11H,6-9,12H2,1H3. The molecule has 8 heteroatoms. The minimum absolute atomic E-state index is 0.0370. The Balaban J connectivity index is 1.57. The zero-order chi connectivity index (χ0) is 19.2. The van der Waals surface area contributed by atoms with E-state index in [0.29, 0.717) is 13.2 Å². The van der Waals surface area contributed by atoms with Gasteiger partial charge in [0.2, 0.25) is 0 Å². The fraction of sp³-hybridized carbons (Fsp3) is 0.316. The molecule has 1 aromatic carbocycles. The number of hydrogen-bond acceptors (Lipinski definition) is 7. The number of ketones is 1. The van der Waals surface area contributed by atoms with E-state index in [1.54, 1.807) is 12.1 Å². The van der Waals surface area contributed by atoms with Crippen LogP contribution < -0.4 is 9.64 Å². The van der Waals surface area contributed by atoms with Gasteiger partial charge in [-0.3, -0.25) is 4.79 Å². The lowest BCUT2D eigenvalue weighted by atomic mass is 10.1. The number of ether oxygens (including phenoxy) is 3. The highest BCUT2D eigenvalue weighted by atomic mass is 19.1. The lowest BCUT2D eigenvalue weighted by molar-refractivity contribution is 0.0474. The van der Waals surface area contributed by atoms with Gasteiger partial charge in [-0.25, -0.2) is 14.2 Å². The summed E-state index contributed by atoms with van der Waals surface area (Å²) in [5.41, 5.74) is 0.336. The van der Waals surface area contributed by atoms with Crippen LogP contribution in [0.1, 0.15) is 20.7 Å². The van der Waals surface area contributed by atoms with Crippen molar-refractivity contribution in [2.75, 3.05) is 44.9 Å². The molecule has 0 unspecified atom stereocenters. The first-order valence-electron chi connectivity index (χ1n) is 8.41. The summed E-state index contributed by atoms with van der Waals surface area (Å²) in [7, 11) is 1.33. The van der Waals surface area contributed by atoms with E-state index in [1.807, 2.05) is 0 Å². The number of morpholine rings is 1. The number of nitrogens with zero attached hydrogens (tertiary/aromatic N) is 2. The van der Waals surface area contributed by atoms with E-state index in [2.05, 4.69) is 9.88 Å². The van der Waals surface area contributed by atoms with Crippen molar-refractivity contribution in [1.29, 1.82) is 0 Å². The van der Waals surface area contributed by atoms with E-state index in [1.165, 1.54) is 25.4 Å². The number of carbonyl (C=O) groups excluding carboxylic acids is 2. The van der Waals surface area contributed by atoms with Gasteiger partial charge in [0.1, 0.15) is 5.82 Å². The molecule has 0 bridgehead atoms. The second-order valence-corrected chi connectivity index (χ2v) is 5.85. The summed E-state index contributed by atoms with van der Waals surface area (Å²) in [4.78, 5) is 30.5. The SMILES string of the molecule is COc1ccc(C(=O)COC(=O)c2ccc(N3CCOCC3)nc2)cc1F. The van der Waals surface area contributed by atoms with Gasteiger partial charge in [-0.1, -0.05) is 0 Å². The normalized spacial score (nSPS) is 13.9. The first kappa shape index (κ1) is 18.8. The molecule has 0 saturated carbocycles. The number of Topliss-reactive ketones (excluding diaryl/α,β-unsaturated/α-hetero) is 1. The number of halogens is 1. The monoisotopic (exact) mass is 374 g/mol. The summed E-state index contributed by atoms with van der Waals surface area (Å²) < 4.78 is 28.8. The minimum atomic E-state index is -0.668. The molecule has 0 N–H and O–H groups in total. The summed E-state index contributed by atoms with van der Waals surface area (Å²) >= 11 is 0. The van der Waals surface area contributed by atoms with Crippen LogP contribution in [0.2, 0.25) is 0 Å². The third kappa shape index (κ3) is 4.59. The Kier molecular flexibility index (Phi) is 5.97. The number of methoxy groups -OCH3 is 1. The summed E-state index contributed by atoms with van der Waals surface area (Å²) in [5.74, 6) is -1.05. The van der Waals surface area contributed by atoms with E-state index in [4.69, 9.17) is 14.2 Å². The number of hydrogen-bond donors (Lipinski definition) is 0. The van der Waals surface area contributed by atoms with Crippen molar-refractivity contribution in [3.63, 3.8) is 0 Å². The topological polar surface area (TPSA) is 78.0 Å². The highest BCUT2D eigenvalue weighted by Gasteiger charge is 2.16. The fourth-order valence-corrected chi connectivity index (χ4v) is 2.62. The third-order valence-corrected chi connectivity index (χ3v) is 4.13. The van der Waals surface area contributed by atoms with Crippen LogP contribution in [-0.2, 0) is 9.47 Å².